The molecule has 0 saturated carbocycles. The maximum absolute atomic E-state index is 12.1. The van der Waals surface area contributed by atoms with E-state index in [4.69, 9.17) is 0 Å². The van der Waals surface area contributed by atoms with Gasteiger partial charge in [0.05, 0.1) is 12.2 Å². The topological polar surface area (TPSA) is 96.8 Å². The van der Waals surface area contributed by atoms with Gasteiger partial charge in [0.1, 0.15) is 0 Å². The van der Waals surface area contributed by atoms with E-state index >= 15 is 0 Å². The third-order valence-electron chi connectivity index (χ3n) is 3.32. The fourth-order valence-electron chi connectivity index (χ4n) is 2.15. The quantitative estimate of drug-likeness (QED) is 0.490. The van der Waals surface area contributed by atoms with E-state index in [9.17, 15) is 23.2 Å². The van der Waals surface area contributed by atoms with Crippen molar-refractivity contribution >= 4 is 0 Å². The van der Waals surface area contributed by atoms with Gasteiger partial charge in [-0.25, -0.2) is 14.6 Å². The molecule has 0 N–H and O–H groups in total. The Labute approximate surface area is 150 Å². The molecule has 3 rings (SSSR count). The molecule has 0 radical (unpaired) electrons. The molecule has 0 fully saturated rings. The van der Waals surface area contributed by atoms with E-state index in [-0.39, 0.29) is 12.1 Å². The van der Waals surface area contributed by atoms with Crippen LogP contribution >= 0.6 is 0 Å². The minimum atomic E-state index is -4.49. The lowest BCUT2D eigenvalue weighted by Crippen LogP contribution is -2.27. The van der Waals surface area contributed by atoms with Crippen molar-refractivity contribution in [1.82, 2.24) is 19.7 Å². The van der Waals surface area contributed by atoms with Crippen molar-refractivity contribution in [3.63, 3.8) is 0 Å². The van der Waals surface area contributed by atoms with E-state index in [0.29, 0.717) is 21.6 Å². The Morgan fingerprint density at radius 2 is 1.93 bits per heavy atom. The van der Waals surface area contributed by atoms with Gasteiger partial charge < -0.3 is 9.94 Å². The third-order valence-corrected chi connectivity index (χ3v) is 3.32. The van der Waals surface area contributed by atoms with Crippen molar-refractivity contribution in [1.29, 1.82) is 0 Å². The summed E-state index contributed by atoms with van der Waals surface area (Å²) >= 11 is 0. The van der Waals surface area contributed by atoms with Crippen LogP contribution in [0.15, 0.2) is 53.8 Å². The molecule has 0 unspecified atom stereocenters. The van der Waals surface area contributed by atoms with Crippen LogP contribution in [-0.2, 0) is 6.54 Å². The number of alkyl halides is 3. The molecule has 0 aliphatic heterocycles. The van der Waals surface area contributed by atoms with E-state index in [0.717, 1.165) is 4.68 Å². The van der Waals surface area contributed by atoms with Crippen LogP contribution in [0.3, 0.4) is 0 Å². The van der Waals surface area contributed by atoms with Crippen LogP contribution in [0.4, 0.5) is 13.2 Å². The van der Waals surface area contributed by atoms with Crippen LogP contribution < -0.4 is 15.0 Å². The SMILES string of the molecule is O=c1ccc(-c2cnc(OCC(F)(F)F)nc2)nn1Cc1ccc[n+]([O-])c1. The number of nitrogens with zero attached hydrogens (tertiary/aromatic N) is 5. The molecule has 0 aliphatic carbocycles. The van der Waals surface area contributed by atoms with Crippen LogP contribution in [0.5, 0.6) is 6.01 Å². The zero-order chi connectivity index (χ0) is 19.4. The minimum absolute atomic E-state index is 0.0728. The fourth-order valence-corrected chi connectivity index (χ4v) is 2.15. The molecular formula is C16H12F3N5O3. The number of hydrogen-bond acceptors (Lipinski definition) is 6. The van der Waals surface area contributed by atoms with E-state index in [1.165, 1.54) is 36.9 Å². The van der Waals surface area contributed by atoms with Gasteiger partial charge in [-0.3, -0.25) is 4.79 Å². The molecule has 140 valence electrons. The Kier molecular flexibility index (Phi) is 5.01. The van der Waals surface area contributed by atoms with Gasteiger partial charge in [0.2, 0.25) is 0 Å². The Hall–Kier alpha value is -3.50. The summed E-state index contributed by atoms with van der Waals surface area (Å²) < 4.78 is 42.6. The first-order valence-corrected chi connectivity index (χ1v) is 7.58. The minimum Gasteiger partial charge on any atom is -0.619 e. The number of rotatable bonds is 5. The van der Waals surface area contributed by atoms with Crippen LogP contribution in [0.1, 0.15) is 5.56 Å². The molecular weight excluding hydrogens is 367 g/mol. The molecule has 0 aliphatic rings. The van der Waals surface area contributed by atoms with Gasteiger partial charge in [-0.1, -0.05) is 0 Å². The Bertz CT molecular complexity index is 990. The summed E-state index contributed by atoms with van der Waals surface area (Å²) in [7, 11) is 0. The highest BCUT2D eigenvalue weighted by Gasteiger charge is 2.28. The second-order valence-electron chi connectivity index (χ2n) is 5.44. The van der Waals surface area contributed by atoms with E-state index in [2.05, 4.69) is 19.8 Å². The monoisotopic (exact) mass is 379 g/mol. The summed E-state index contributed by atoms with van der Waals surface area (Å²) in [5, 5.41) is 15.5. The predicted molar refractivity (Wildman–Crippen MR) is 85.6 cm³/mol. The second kappa shape index (κ2) is 7.40. The molecule has 11 heteroatoms. The summed E-state index contributed by atoms with van der Waals surface area (Å²) in [6, 6.07) is 5.51. The van der Waals surface area contributed by atoms with Crippen molar-refractivity contribution in [3.05, 3.63) is 70.2 Å². The molecule has 0 aromatic carbocycles. The summed E-state index contributed by atoms with van der Waals surface area (Å²) in [4.78, 5) is 19.4. The van der Waals surface area contributed by atoms with Gasteiger partial charge in [-0.15, -0.1) is 0 Å². The standard InChI is InChI=1S/C16H12F3N5O3/c17-16(18,19)10-27-15-20-6-12(7-21-15)13-3-4-14(25)24(22-13)9-11-2-1-5-23(26)8-11/h1-8H,9-10H2. The first-order chi connectivity index (χ1) is 12.8. The van der Waals surface area contributed by atoms with E-state index < -0.39 is 18.8 Å². The molecule has 8 nitrogen and oxygen atoms in total. The Morgan fingerprint density at radius 3 is 2.59 bits per heavy atom. The number of aromatic nitrogens is 5. The number of ether oxygens (including phenoxy) is 1. The summed E-state index contributed by atoms with van der Waals surface area (Å²) in [6.07, 6.45) is 0.624. The predicted octanol–water partition coefficient (Wildman–Crippen LogP) is 1.32. The molecule has 0 bridgehead atoms. The maximum Gasteiger partial charge on any atom is 0.422 e. The average Bonchev–Trinajstić information content (AvgIpc) is 2.62. The highest BCUT2D eigenvalue weighted by atomic mass is 19.4. The van der Waals surface area contributed by atoms with Crippen molar-refractivity contribution in [2.45, 2.75) is 12.7 Å². The van der Waals surface area contributed by atoms with Gasteiger partial charge in [-0.2, -0.15) is 23.0 Å². The van der Waals surface area contributed by atoms with Crippen LogP contribution in [-0.4, -0.2) is 32.5 Å². The fraction of sp³-hybridized carbons (Fsp3) is 0.188. The van der Waals surface area contributed by atoms with Crippen molar-refractivity contribution in [3.8, 4) is 17.3 Å². The Morgan fingerprint density at radius 1 is 1.19 bits per heavy atom. The lowest BCUT2D eigenvalue weighted by Gasteiger charge is -2.08. The summed E-state index contributed by atoms with van der Waals surface area (Å²) in [6.45, 7) is -1.42. The molecule has 0 saturated heterocycles. The average molecular weight is 379 g/mol. The van der Waals surface area contributed by atoms with Crippen molar-refractivity contribution in [2.75, 3.05) is 6.61 Å². The zero-order valence-electron chi connectivity index (χ0n) is 13.6. The third kappa shape index (κ3) is 5.00. The highest BCUT2D eigenvalue weighted by Crippen LogP contribution is 2.18. The van der Waals surface area contributed by atoms with Gasteiger partial charge in [-0.05, 0) is 12.1 Å². The maximum atomic E-state index is 12.1. The van der Waals surface area contributed by atoms with Crippen LogP contribution in [0.2, 0.25) is 0 Å². The smallest absolute Gasteiger partial charge is 0.422 e. The molecule has 0 amide bonds. The van der Waals surface area contributed by atoms with Crippen molar-refractivity contribution in [2.24, 2.45) is 0 Å². The van der Waals surface area contributed by atoms with Gasteiger partial charge in [0.15, 0.2) is 19.0 Å². The lowest BCUT2D eigenvalue weighted by atomic mass is 10.2. The largest absolute Gasteiger partial charge is 0.619 e. The van der Waals surface area contributed by atoms with E-state index in [1.807, 2.05) is 0 Å². The normalized spacial score (nSPS) is 11.4. The number of hydrogen-bond donors (Lipinski definition) is 0. The van der Waals surface area contributed by atoms with Crippen LogP contribution in [0, 0.1) is 5.21 Å². The van der Waals surface area contributed by atoms with Gasteiger partial charge in [0, 0.05) is 35.7 Å². The van der Waals surface area contributed by atoms with E-state index in [1.54, 1.807) is 12.1 Å². The highest BCUT2D eigenvalue weighted by molar-refractivity contribution is 5.55. The molecule has 27 heavy (non-hydrogen) atoms. The first-order valence-electron chi connectivity index (χ1n) is 7.58. The zero-order valence-corrected chi connectivity index (χ0v) is 13.6. The summed E-state index contributed by atoms with van der Waals surface area (Å²) in [5.74, 6) is 0. The molecule has 0 atom stereocenters. The molecule has 3 aromatic rings. The summed E-state index contributed by atoms with van der Waals surface area (Å²) in [5.41, 5.74) is 0.912. The lowest BCUT2D eigenvalue weighted by molar-refractivity contribution is -0.605. The number of halogens is 3. The van der Waals surface area contributed by atoms with Gasteiger partial charge in [0.25, 0.3) is 5.56 Å². The second-order valence-corrected chi connectivity index (χ2v) is 5.44. The first kappa shape index (κ1) is 18.3. The molecule has 3 heterocycles. The van der Waals surface area contributed by atoms with Crippen LogP contribution in [0.25, 0.3) is 11.3 Å². The Balaban J connectivity index is 1.80. The van der Waals surface area contributed by atoms with Gasteiger partial charge >= 0.3 is 12.2 Å². The molecule has 3 aromatic heterocycles. The molecule has 0 spiro atoms. The number of pyridine rings is 1. The van der Waals surface area contributed by atoms with Crippen molar-refractivity contribution < 1.29 is 22.6 Å².